The summed E-state index contributed by atoms with van der Waals surface area (Å²) in [7, 11) is 0. The monoisotopic (exact) mass is 524 g/mol. The van der Waals surface area contributed by atoms with E-state index in [4.69, 9.17) is 0 Å². The van der Waals surface area contributed by atoms with Crippen LogP contribution in [0.15, 0.2) is 53.3 Å². The van der Waals surface area contributed by atoms with Crippen molar-refractivity contribution in [1.82, 2.24) is 0 Å². The van der Waals surface area contributed by atoms with Gasteiger partial charge in [-0.05, 0) is 78.8 Å². The summed E-state index contributed by atoms with van der Waals surface area (Å²) >= 11 is 14.3. The van der Waals surface area contributed by atoms with Gasteiger partial charge in [-0.2, -0.15) is 0 Å². The van der Waals surface area contributed by atoms with E-state index in [1.54, 1.807) is 0 Å². The van der Waals surface area contributed by atoms with Crippen molar-refractivity contribution in [3.05, 3.63) is 58.9 Å². The fraction of sp³-hybridized carbons (Fsp3) is 0.200. The van der Waals surface area contributed by atoms with Crippen molar-refractivity contribution in [2.75, 3.05) is 0 Å². The molecular formula is C15H12Br4O. The highest BCUT2D eigenvalue weighted by Gasteiger charge is 2.31. The topological polar surface area (TPSA) is 20.2 Å². The predicted molar refractivity (Wildman–Crippen MR) is 99.2 cm³/mol. The molecule has 1 aromatic carbocycles. The Labute approximate surface area is 152 Å². The van der Waals surface area contributed by atoms with Crippen LogP contribution in [0, 0.1) is 0 Å². The maximum atomic E-state index is 10.8. The lowest BCUT2D eigenvalue weighted by molar-refractivity contribution is 0.269. The van der Waals surface area contributed by atoms with E-state index in [-0.39, 0.29) is 0 Å². The van der Waals surface area contributed by atoms with Crippen molar-refractivity contribution in [3.8, 4) is 0 Å². The van der Waals surface area contributed by atoms with Gasteiger partial charge in [-0.25, -0.2) is 0 Å². The zero-order chi connectivity index (χ0) is 15.0. The Bertz CT molecular complexity index is 652. The lowest BCUT2D eigenvalue weighted by atomic mass is 9.89. The van der Waals surface area contributed by atoms with Gasteiger partial charge < -0.3 is 5.11 Å². The second kappa shape index (κ2) is 6.61. The first-order valence-corrected chi connectivity index (χ1v) is 9.09. The number of aliphatic hydroxyl groups excluding tert-OH is 1. The molecule has 106 valence electrons. The number of rotatable bonds is 1. The molecule has 1 aliphatic rings. The highest BCUT2D eigenvalue weighted by atomic mass is 79.9. The van der Waals surface area contributed by atoms with Gasteiger partial charge >= 0.3 is 0 Å². The first kappa shape index (κ1) is 16.7. The Hall–Kier alpha value is 0.320. The molecule has 0 radical (unpaired) electrons. The molecule has 0 bridgehead atoms. The predicted octanol–water partition coefficient (Wildman–Crippen LogP) is 6.27. The third-order valence-corrected chi connectivity index (χ3v) is 7.30. The summed E-state index contributed by atoms with van der Waals surface area (Å²) in [6.45, 7) is 3.99. The molecule has 0 aromatic heterocycles. The smallest absolute Gasteiger partial charge is 0.107 e. The fourth-order valence-corrected chi connectivity index (χ4v) is 4.79. The largest absolute Gasteiger partial charge is 0.384 e. The van der Waals surface area contributed by atoms with E-state index in [0.717, 1.165) is 40.2 Å². The summed E-state index contributed by atoms with van der Waals surface area (Å²) in [5, 5.41) is 10.8. The Kier molecular flexibility index (Phi) is 5.52. The molecule has 2 rings (SSSR count). The lowest BCUT2D eigenvalue weighted by Gasteiger charge is -2.28. The molecule has 1 aliphatic carbocycles. The number of halogens is 4. The number of hydrogen-bond donors (Lipinski definition) is 1. The van der Waals surface area contributed by atoms with Gasteiger partial charge in [-0.15, -0.1) is 0 Å². The van der Waals surface area contributed by atoms with Crippen molar-refractivity contribution >= 4 is 69.3 Å². The first-order chi connectivity index (χ1) is 9.36. The quantitative estimate of drug-likeness (QED) is 0.457. The Morgan fingerprint density at radius 2 is 1.55 bits per heavy atom. The van der Waals surface area contributed by atoms with Gasteiger partial charge in [0.15, 0.2) is 0 Å². The van der Waals surface area contributed by atoms with Gasteiger partial charge in [0, 0.05) is 23.5 Å². The Balaban J connectivity index is 2.75. The molecule has 1 nitrogen and oxygen atoms in total. The first-order valence-electron chi connectivity index (χ1n) is 5.92. The summed E-state index contributed by atoms with van der Waals surface area (Å²) in [4.78, 5) is 0. The molecule has 0 amide bonds. The van der Waals surface area contributed by atoms with E-state index in [1.165, 1.54) is 0 Å². The molecule has 1 atom stereocenters. The van der Waals surface area contributed by atoms with E-state index in [9.17, 15) is 5.11 Å². The molecule has 0 heterocycles. The highest BCUT2D eigenvalue weighted by Crippen LogP contribution is 2.48. The van der Waals surface area contributed by atoms with Crippen LogP contribution < -0.4 is 0 Å². The molecule has 1 N–H and O–H groups in total. The van der Waals surface area contributed by atoms with Crippen LogP contribution >= 0.6 is 63.7 Å². The van der Waals surface area contributed by atoms with Gasteiger partial charge in [-0.3, -0.25) is 0 Å². The molecule has 0 aliphatic heterocycles. The van der Waals surface area contributed by atoms with Crippen LogP contribution in [0.4, 0.5) is 0 Å². The Morgan fingerprint density at radius 3 is 2.10 bits per heavy atom. The van der Waals surface area contributed by atoms with Crippen LogP contribution in [0.25, 0.3) is 5.57 Å². The zero-order valence-electron chi connectivity index (χ0n) is 10.8. The van der Waals surface area contributed by atoms with Crippen LogP contribution in [0.3, 0.4) is 0 Å². The fourth-order valence-electron chi connectivity index (χ4n) is 2.16. The third-order valence-electron chi connectivity index (χ3n) is 3.11. The standard InChI is InChI=1S/C15H12Br4O/c1-7(2)10-12(17)14(19)13(18)11(15(10)20)8-5-3-4-6-9(8)16/h3-6,15,20H,1-2H3. The van der Waals surface area contributed by atoms with Crippen LogP contribution in [-0.4, -0.2) is 11.2 Å². The average Bonchev–Trinajstić information content (AvgIpc) is 2.38. The molecule has 1 unspecified atom stereocenters. The maximum Gasteiger partial charge on any atom is 0.107 e. The maximum absolute atomic E-state index is 10.8. The van der Waals surface area contributed by atoms with Crippen molar-refractivity contribution in [2.24, 2.45) is 0 Å². The van der Waals surface area contributed by atoms with Crippen LogP contribution in [0.5, 0.6) is 0 Å². The zero-order valence-corrected chi connectivity index (χ0v) is 17.2. The number of hydrogen-bond acceptors (Lipinski definition) is 1. The normalized spacial score (nSPS) is 19.8. The third kappa shape index (κ3) is 2.93. The van der Waals surface area contributed by atoms with Crippen molar-refractivity contribution in [1.29, 1.82) is 0 Å². The molecule has 0 spiro atoms. The lowest BCUT2D eigenvalue weighted by Crippen LogP contribution is -2.19. The minimum atomic E-state index is -0.677. The highest BCUT2D eigenvalue weighted by molar-refractivity contribution is 9.16. The van der Waals surface area contributed by atoms with Crippen LogP contribution in [0.2, 0.25) is 0 Å². The second-order valence-electron chi connectivity index (χ2n) is 4.65. The molecule has 0 fully saturated rings. The van der Waals surface area contributed by atoms with E-state index < -0.39 is 6.10 Å². The molecule has 0 saturated carbocycles. The van der Waals surface area contributed by atoms with E-state index in [0.29, 0.717) is 0 Å². The summed E-state index contributed by atoms with van der Waals surface area (Å²) in [6.07, 6.45) is -0.677. The Morgan fingerprint density at radius 1 is 0.950 bits per heavy atom. The van der Waals surface area contributed by atoms with E-state index in [1.807, 2.05) is 38.1 Å². The molecular weight excluding hydrogens is 516 g/mol. The van der Waals surface area contributed by atoms with Crippen LogP contribution in [-0.2, 0) is 0 Å². The molecule has 1 aromatic rings. The van der Waals surface area contributed by atoms with Gasteiger partial charge in [0.05, 0.1) is 0 Å². The molecule has 20 heavy (non-hydrogen) atoms. The minimum Gasteiger partial charge on any atom is -0.384 e. The summed E-state index contributed by atoms with van der Waals surface area (Å²) in [6, 6.07) is 7.88. The minimum absolute atomic E-state index is 0.677. The molecule has 0 saturated heterocycles. The summed E-state index contributed by atoms with van der Waals surface area (Å²) in [5.41, 5.74) is 3.79. The molecule has 5 heteroatoms. The van der Waals surface area contributed by atoms with Crippen molar-refractivity contribution in [2.45, 2.75) is 20.0 Å². The van der Waals surface area contributed by atoms with E-state index >= 15 is 0 Å². The average molecular weight is 528 g/mol. The van der Waals surface area contributed by atoms with Gasteiger partial charge in [0.1, 0.15) is 6.10 Å². The SMILES string of the molecule is CC(C)=C1C(Br)=C(Br)C(Br)=C(c2ccccc2Br)C1O. The van der Waals surface area contributed by atoms with Crippen molar-refractivity contribution < 1.29 is 5.11 Å². The van der Waals surface area contributed by atoms with Gasteiger partial charge in [0.2, 0.25) is 0 Å². The number of allylic oxidation sites excluding steroid dienone is 3. The number of benzene rings is 1. The summed E-state index contributed by atoms with van der Waals surface area (Å²) in [5.74, 6) is 0. The van der Waals surface area contributed by atoms with Gasteiger partial charge in [0.25, 0.3) is 0 Å². The van der Waals surface area contributed by atoms with Crippen molar-refractivity contribution in [3.63, 3.8) is 0 Å². The van der Waals surface area contributed by atoms with E-state index in [2.05, 4.69) is 63.7 Å². The number of aliphatic hydroxyl groups is 1. The summed E-state index contributed by atoms with van der Waals surface area (Å²) < 4.78 is 3.60. The van der Waals surface area contributed by atoms with Crippen LogP contribution in [0.1, 0.15) is 19.4 Å². The van der Waals surface area contributed by atoms with Gasteiger partial charge in [-0.1, -0.05) is 39.7 Å². The second-order valence-corrected chi connectivity index (χ2v) is 7.89.